The van der Waals surface area contributed by atoms with Gasteiger partial charge in [0.25, 0.3) is 0 Å². The van der Waals surface area contributed by atoms with Crippen LogP contribution in [0.5, 0.6) is 0 Å². The molecule has 0 spiro atoms. The van der Waals surface area contributed by atoms with Crippen LogP contribution >= 0.6 is 0 Å². The smallest absolute Gasteiger partial charge is 0.222 e. The summed E-state index contributed by atoms with van der Waals surface area (Å²) in [6.45, 7) is 5.57. The number of carbonyl (C=O) groups is 1. The second kappa shape index (κ2) is 6.71. The standard InChI is InChI=1S/C15H28N2O2/c1-15(12-16)7-9-17(10-8-15)14(18)6-5-13-4-2-3-11-19-13/h13H,2-12,16H2,1H3. The molecule has 0 aromatic rings. The van der Waals surface area contributed by atoms with Gasteiger partial charge in [0.05, 0.1) is 6.10 Å². The van der Waals surface area contributed by atoms with Gasteiger partial charge < -0.3 is 15.4 Å². The van der Waals surface area contributed by atoms with Gasteiger partial charge in [0.15, 0.2) is 0 Å². The zero-order valence-electron chi connectivity index (χ0n) is 12.2. The molecule has 2 rings (SSSR count). The number of carbonyl (C=O) groups excluding carboxylic acids is 1. The highest BCUT2D eigenvalue weighted by Gasteiger charge is 2.30. The van der Waals surface area contributed by atoms with Crippen LogP contribution in [0.2, 0.25) is 0 Å². The van der Waals surface area contributed by atoms with Gasteiger partial charge in [0, 0.05) is 26.1 Å². The number of nitrogens with zero attached hydrogens (tertiary/aromatic N) is 1. The number of hydrogen-bond donors (Lipinski definition) is 1. The van der Waals surface area contributed by atoms with E-state index in [1.165, 1.54) is 12.8 Å². The van der Waals surface area contributed by atoms with Gasteiger partial charge >= 0.3 is 0 Å². The molecule has 1 unspecified atom stereocenters. The number of amides is 1. The third-order valence-corrected chi connectivity index (χ3v) is 4.77. The van der Waals surface area contributed by atoms with Crippen LogP contribution in [-0.4, -0.2) is 43.2 Å². The molecule has 4 nitrogen and oxygen atoms in total. The summed E-state index contributed by atoms with van der Waals surface area (Å²) in [6.07, 6.45) is 7.47. The Balaban J connectivity index is 1.69. The number of piperidine rings is 1. The molecule has 2 fully saturated rings. The normalized spacial score (nSPS) is 27.3. The summed E-state index contributed by atoms with van der Waals surface area (Å²) in [7, 11) is 0. The molecular weight excluding hydrogens is 240 g/mol. The number of ether oxygens (including phenoxy) is 1. The fraction of sp³-hybridized carbons (Fsp3) is 0.933. The molecule has 1 atom stereocenters. The van der Waals surface area contributed by atoms with Gasteiger partial charge in [0.2, 0.25) is 5.91 Å². The lowest BCUT2D eigenvalue weighted by atomic mass is 9.80. The Morgan fingerprint density at radius 3 is 2.68 bits per heavy atom. The van der Waals surface area contributed by atoms with Gasteiger partial charge in [-0.15, -0.1) is 0 Å². The van der Waals surface area contributed by atoms with E-state index in [1.54, 1.807) is 0 Å². The van der Waals surface area contributed by atoms with Crippen molar-refractivity contribution in [3.8, 4) is 0 Å². The maximum atomic E-state index is 12.2. The summed E-state index contributed by atoms with van der Waals surface area (Å²) >= 11 is 0. The second-order valence-corrected chi connectivity index (χ2v) is 6.42. The predicted molar refractivity (Wildman–Crippen MR) is 75.8 cm³/mol. The van der Waals surface area contributed by atoms with Crippen LogP contribution in [0.3, 0.4) is 0 Å². The maximum Gasteiger partial charge on any atom is 0.222 e. The van der Waals surface area contributed by atoms with Crippen LogP contribution in [0.15, 0.2) is 0 Å². The molecule has 0 saturated carbocycles. The number of rotatable bonds is 4. The highest BCUT2D eigenvalue weighted by Crippen LogP contribution is 2.29. The molecule has 1 amide bonds. The fourth-order valence-corrected chi connectivity index (χ4v) is 2.98. The first-order valence-corrected chi connectivity index (χ1v) is 7.72. The Morgan fingerprint density at radius 1 is 1.37 bits per heavy atom. The summed E-state index contributed by atoms with van der Waals surface area (Å²) in [5.41, 5.74) is 6.03. The third-order valence-electron chi connectivity index (χ3n) is 4.77. The van der Waals surface area contributed by atoms with Crippen molar-refractivity contribution in [2.24, 2.45) is 11.1 Å². The number of nitrogens with two attached hydrogens (primary N) is 1. The van der Waals surface area contributed by atoms with Gasteiger partial charge in [-0.2, -0.15) is 0 Å². The number of likely N-dealkylation sites (tertiary alicyclic amines) is 1. The number of hydrogen-bond acceptors (Lipinski definition) is 3. The lowest BCUT2D eigenvalue weighted by Gasteiger charge is -2.38. The fourth-order valence-electron chi connectivity index (χ4n) is 2.98. The first-order valence-electron chi connectivity index (χ1n) is 7.72. The summed E-state index contributed by atoms with van der Waals surface area (Å²) in [5.74, 6) is 0.299. The largest absolute Gasteiger partial charge is 0.378 e. The van der Waals surface area contributed by atoms with E-state index in [9.17, 15) is 4.79 Å². The molecule has 2 saturated heterocycles. The minimum atomic E-state index is 0.239. The van der Waals surface area contributed by atoms with E-state index >= 15 is 0 Å². The van der Waals surface area contributed by atoms with Crippen LogP contribution < -0.4 is 5.73 Å². The predicted octanol–water partition coefficient (Wildman–Crippen LogP) is 1.92. The van der Waals surface area contributed by atoms with Crippen molar-refractivity contribution in [3.05, 3.63) is 0 Å². The first kappa shape index (κ1) is 14.8. The lowest BCUT2D eigenvalue weighted by molar-refractivity contribution is -0.134. The quantitative estimate of drug-likeness (QED) is 0.847. The molecule has 19 heavy (non-hydrogen) atoms. The van der Waals surface area contributed by atoms with Gasteiger partial charge in [-0.25, -0.2) is 0 Å². The summed E-state index contributed by atoms with van der Waals surface area (Å²) < 4.78 is 5.68. The summed E-state index contributed by atoms with van der Waals surface area (Å²) in [4.78, 5) is 14.2. The average Bonchev–Trinajstić information content (AvgIpc) is 2.47. The molecule has 0 aliphatic carbocycles. The zero-order valence-corrected chi connectivity index (χ0v) is 12.2. The van der Waals surface area contributed by atoms with E-state index in [4.69, 9.17) is 10.5 Å². The average molecular weight is 268 g/mol. The lowest BCUT2D eigenvalue weighted by Crippen LogP contribution is -2.44. The van der Waals surface area contributed by atoms with E-state index in [0.717, 1.165) is 51.9 Å². The molecule has 2 heterocycles. The van der Waals surface area contributed by atoms with E-state index in [2.05, 4.69) is 6.92 Å². The summed E-state index contributed by atoms with van der Waals surface area (Å²) in [6, 6.07) is 0. The molecule has 0 bridgehead atoms. The van der Waals surface area contributed by atoms with Gasteiger partial charge in [-0.05, 0) is 50.5 Å². The molecule has 2 N–H and O–H groups in total. The Bertz CT molecular complexity index is 293. The molecule has 2 aliphatic heterocycles. The van der Waals surface area contributed by atoms with Crippen molar-refractivity contribution in [1.29, 1.82) is 0 Å². The highest BCUT2D eigenvalue weighted by atomic mass is 16.5. The van der Waals surface area contributed by atoms with Crippen molar-refractivity contribution in [3.63, 3.8) is 0 Å². The first-order chi connectivity index (χ1) is 9.13. The van der Waals surface area contributed by atoms with Crippen LogP contribution in [0.25, 0.3) is 0 Å². The van der Waals surface area contributed by atoms with Crippen molar-refractivity contribution in [2.45, 2.75) is 58.0 Å². The van der Waals surface area contributed by atoms with E-state index in [-0.39, 0.29) is 5.41 Å². The molecule has 2 aliphatic rings. The van der Waals surface area contributed by atoms with Crippen LogP contribution in [-0.2, 0) is 9.53 Å². The van der Waals surface area contributed by atoms with Crippen molar-refractivity contribution in [2.75, 3.05) is 26.2 Å². The van der Waals surface area contributed by atoms with Crippen molar-refractivity contribution >= 4 is 5.91 Å². The molecule has 0 aromatic heterocycles. The summed E-state index contributed by atoms with van der Waals surface area (Å²) in [5, 5.41) is 0. The minimum Gasteiger partial charge on any atom is -0.378 e. The molecule has 4 heteroatoms. The SMILES string of the molecule is CC1(CN)CCN(C(=O)CCC2CCCCO2)CC1. The third kappa shape index (κ3) is 4.18. The van der Waals surface area contributed by atoms with Gasteiger partial charge in [0.1, 0.15) is 0 Å². The molecule has 110 valence electrons. The topological polar surface area (TPSA) is 55.6 Å². The van der Waals surface area contributed by atoms with Crippen molar-refractivity contribution < 1.29 is 9.53 Å². The Morgan fingerprint density at radius 2 is 2.11 bits per heavy atom. The van der Waals surface area contributed by atoms with Crippen LogP contribution in [0.4, 0.5) is 0 Å². The minimum absolute atomic E-state index is 0.239. The van der Waals surface area contributed by atoms with Crippen molar-refractivity contribution in [1.82, 2.24) is 4.90 Å². The molecular formula is C15H28N2O2. The molecule has 0 aromatic carbocycles. The maximum absolute atomic E-state index is 12.2. The second-order valence-electron chi connectivity index (χ2n) is 6.42. The van der Waals surface area contributed by atoms with Crippen LogP contribution in [0.1, 0.15) is 51.9 Å². The van der Waals surface area contributed by atoms with E-state index < -0.39 is 0 Å². The Kier molecular flexibility index (Phi) is 5.22. The van der Waals surface area contributed by atoms with Gasteiger partial charge in [-0.3, -0.25) is 4.79 Å². The Hall–Kier alpha value is -0.610. The van der Waals surface area contributed by atoms with Crippen LogP contribution in [0, 0.1) is 5.41 Å². The van der Waals surface area contributed by atoms with E-state index in [1.807, 2.05) is 4.90 Å². The highest BCUT2D eigenvalue weighted by molar-refractivity contribution is 5.76. The van der Waals surface area contributed by atoms with E-state index in [0.29, 0.717) is 18.4 Å². The Labute approximate surface area is 116 Å². The molecule has 0 radical (unpaired) electrons. The monoisotopic (exact) mass is 268 g/mol. The van der Waals surface area contributed by atoms with Gasteiger partial charge in [-0.1, -0.05) is 6.92 Å². The zero-order chi connectivity index (χ0) is 13.7.